The Bertz CT molecular complexity index is 350. The molecule has 1 amide bonds. The fraction of sp³-hybridized carbons (Fsp3) is 0.500. The molecule has 0 aliphatic heterocycles. The molecule has 0 saturated carbocycles. The second-order valence-corrected chi connectivity index (χ2v) is 4.55. The van der Waals surface area contributed by atoms with Crippen LogP contribution < -0.4 is 11.1 Å². The SMILES string of the molecule is CC[C@@H](C)[C@H](N)C(=O)N[C@H](C)c1ccccc1. The zero-order chi connectivity index (χ0) is 12.8. The quantitative estimate of drug-likeness (QED) is 0.821. The lowest BCUT2D eigenvalue weighted by Gasteiger charge is -2.21. The van der Waals surface area contributed by atoms with Crippen LogP contribution in [0.15, 0.2) is 30.3 Å². The Balaban J connectivity index is 2.57. The van der Waals surface area contributed by atoms with Gasteiger partial charge in [0.05, 0.1) is 12.1 Å². The van der Waals surface area contributed by atoms with Gasteiger partial charge in [-0.2, -0.15) is 0 Å². The summed E-state index contributed by atoms with van der Waals surface area (Å²) in [6, 6.07) is 9.46. The van der Waals surface area contributed by atoms with Crippen LogP contribution in [0.4, 0.5) is 0 Å². The number of carbonyl (C=O) groups is 1. The number of benzene rings is 1. The van der Waals surface area contributed by atoms with Crippen LogP contribution in [0, 0.1) is 5.92 Å². The first-order valence-corrected chi connectivity index (χ1v) is 6.17. The van der Waals surface area contributed by atoms with Crippen molar-refractivity contribution in [2.45, 2.75) is 39.3 Å². The van der Waals surface area contributed by atoms with Crippen LogP contribution in [0.3, 0.4) is 0 Å². The lowest BCUT2D eigenvalue weighted by atomic mass is 9.98. The van der Waals surface area contributed by atoms with Crippen LogP contribution in [0.5, 0.6) is 0 Å². The smallest absolute Gasteiger partial charge is 0.237 e. The summed E-state index contributed by atoms with van der Waals surface area (Å²) in [5, 5.41) is 2.95. The number of amides is 1. The van der Waals surface area contributed by atoms with Gasteiger partial charge in [0.2, 0.25) is 5.91 Å². The predicted molar refractivity (Wildman–Crippen MR) is 70.4 cm³/mol. The molecule has 0 spiro atoms. The molecule has 0 bridgehead atoms. The van der Waals surface area contributed by atoms with Gasteiger partial charge in [0.15, 0.2) is 0 Å². The first-order chi connectivity index (χ1) is 8.06. The Hall–Kier alpha value is -1.35. The average molecular weight is 234 g/mol. The predicted octanol–water partition coefficient (Wildman–Crippen LogP) is 2.24. The number of nitrogens with one attached hydrogen (secondary N) is 1. The van der Waals surface area contributed by atoms with E-state index in [-0.39, 0.29) is 17.9 Å². The fourth-order valence-corrected chi connectivity index (χ4v) is 1.65. The number of hydrogen-bond acceptors (Lipinski definition) is 2. The summed E-state index contributed by atoms with van der Waals surface area (Å²) in [7, 11) is 0. The normalized spacial score (nSPS) is 16.0. The van der Waals surface area contributed by atoms with Crippen molar-refractivity contribution in [1.29, 1.82) is 0 Å². The van der Waals surface area contributed by atoms with Crippen LogP contribution in [0.1, 0.15) is 38.8 Å². The molecule has 0 fully saturated rings. The van der Waals surface area contributed by atoms with Crippen LogP contribution in [-0.2, 0) is 4.79 Å². The van der Waals surface area contributed by atoms with E-state index in [1.54, 1.807) is 0 Å². The van der Waals surface area contributed by atoms with Crippen molar-refractivity contribution in [2.75, 3.05) is 0 Å². The largest absolute Gasteiger partial charge is 0.348 e. The fourth-order valence-electron chi connectivity index (χ4n) is 1.65. The number of nitrogens with two attached hydrogens (primary N) is 1. The van der Waals surface area contributed by atoms with E-state index in [9.17, 15) is 4.79 Å². The Morgan fingerprint density at radius 2 is 1.88 bits per heavy atom. The number of carbonyl (C=O) groups excluding carboxylic acids is 1. The second-order valence-electron chi connectivity index (χ2n) is 4.55. The molecule has 0 aliphatic carbocycles. The van der Waals surface area contributed by atoms with E-state index >= 15 is 0 Å². The minimum Gasteiger partial charge on any atom is -0.348 e. The maximum atomic E-state index is 11.9. The third-order valence-electron chi connectivity index (χ3n) is 3.22. The Morgan fingerprint density at radius 3 is 2.41 bits per heavy atom. The standard InChI is InChI=1S/C14H22N2O/c1-4-10(2)13(15)14(17)16-11(3)12-8-6-5-7-9-12/h5-11,13H,4,15H2,1-3H3,(H,16,17)/t10-,11-,13+/m1/s1. The highest BCUT2D eigenvalue weighted by Crippen LogP contribution is 2.12. The minimum atomic E-state index is -0.425. The minimum absolute atomic E-state index is 0.00111. The van der Waals surface area contributed by atoms with Gasteiger partial charge in [-0.3, -0.25) is 4.79 Å². The molecule has 1 rings (SSSR count). The average Bonchev–Trinajstić information content (AvgIpc) is 2.37. The van der Waals surface area contributed by atoms with E-state index < -0.39 is 6.04 Å². The first kappa shape index (κ1) is 13.7. The maximum absolute atomic E-state index is 11.9. The lowest BCUT2D eigenvalue weighted by Crippen LogP contribution is -2.45. The summed E-state index contributed by atoms with van der Waals surface area (Å²) in [5.41, 5.74) is 6.98. The van der Waals surface area contributed by atoms with Crippen molar-refractivity contribution >= 4 is 5.91 Å². The highest BCUT2D eigenvalue weighted by molar-refractivity contribution is 5.82. The Kier molecular flexibility index (Phi) is 5.16. The summed E-state index contributed by atoms with van der Waals surface area (Å²) < 4.78 is 0. The molecule has 3 heteroatoms. The van der Waals surface area contributed by atoms with E-state index in [4.69, 9.17) is 5.73 Å². The Morgan fingerprint density at radius 1 is 1.29 bits per heavy atom. The van der Waals surface area contributed by atoms with Crippen molar-refractivity contribution in [2.24, 2.45) is 11.7 Å². The van der Waals surface area contributed by atoms with E-state index in [2.05, 4.69) is 5.32 Å². The van der Waals surface area contributed by atoms with Crippen molar-refractivity contribution in [3.63, 3.8) is 0 Å². The van der Waals surface area contributed by atoms with Gasteiger partial charge in [0.25, 0.3) is 0 Å². The molecule has 0 saturated heterocycles. The van der Waals surface area contributed by atoms with Crippen molar-refractivity contribution in [3.8, 4) is 0 Å². The van der Waals surface area contributed by atoms with E-state index in [0.29, 0.717) is 0 Å². The van der Waals surface area contributed by atoms with E-state index in [1.165, 1.54) is 0 Å². The zero-order valence-corrected chi connectivity index (χ0v) is 10.8. The van der Waals surface area contributed by atoms with Crippen molar-refractivity contribution < 1.29 is 4.79 Å². The number of hydrogen-bond donors (Lipinski definition) is 2. The molecule has 94 valence electrons. The molecule has 0 unspecified atom stereocenters. The molecule has 1 aromatic carbocycles. The van der Waals surface area contributed by atoms with Crippen LogP contribution >= 0.6 is 0 Å². The molecule has 1 aromatic rings. The van der Waals surface area contributed by atoms with Gasteiger partial charge in [-0.05, 0) is 18.4 Å². The Labute approximate surface area is 103 Å². The molecular formula is C14H22N2O. The van der Waals surface area contributed by atoms with Gasteiger partial charge in [0.1, 0.15) is 0 Å². The first-order valence-electron chi connectivity index (χ1n) is 6.17. The van der Waals surface area contributed by atoms with Crippen LogP contribution in [-0.4, -0.2) is 11.9 Å². The highest BCUT2D eigenvalue weighted by atomic mass is 16.2. The second kappa shape index (κ2) is 6.40. The molecule has 0 aromatic heterocycles. The molecular weight excluding hydrogens is 212 g/mol. The van der Waals surface area contributed by atoms with Crippen molar-refractivity contribution in [3.05, 3.63) is 35.9 Å². The van der Waals surface area contributed by atoms with Gasteiger partial charge < -0.3 is 11.1 Å². The third-order valence-corrected chi connectivity index (χ3v) is 3.22. The summed E-state index contributed by atoms with van der Waals surface area (Å²) in [6.45, 7) is 6.01. The van der Waals surface area contributed by atoms with Gasteiger partial charge in [0, 0.05) is 0 Å². The van der Waals surface area contributed by atoms with Gasteiger partial charge in [-0.15, -0.1) is 0 Å². The monoisotopic (exact) mass is 234 g/mol. The van der Waals surface area contributed by atoms with Gasteiger partial charge in [-0.1, -0.05) is 50.6 Å². The molecule has 3 atom stereocenters. The van der Waals surface area contributed by atoms with Crippen LogP contribution in [0.25, 0.3) is 0 Å². The summed E-state index contributed by atoms with van der Waals surface area (Å²) in [4.78, 5) is 11.9. The summed E-state index contributed by atoms with van der Waals surface area (Å²) in [6.07, 6.45) is 0.911. The zero-order valence-electron chi connectivity index (χ0n) is 10.8. The molecule has 0 heterocycles. The van der Waals surface area contributed by atoms with E-state index in [1.807, 2.05) is 51.1 Å². The number of rotatable bonds is 5. The molecule has 3 N–H and O–H groups in total. The summed E-state index contributed by atoms with van der Waals surface area (Å²) >= 11 is 0. The molecule has 0 aliphatic rings. The molecule has 17 heavy (non-hydrogen) atoms. The van der Waals surface area contributed by atoms with Gasteiger partial charge >= 0.3 is 0 Å². The highest BCUT2D eigenvalue weighted by Gasteiger charge is 2.20. The molecule has 0 radical (unpaired) electrons. The summed E-state index contributed by atoms with van der Waals surface area (Å²) in [5.74, 6) is 0.133. The topological polar surface area (TPSA) is 55.1 Å². The van der Waals surface area contributed by atoms with E-state index in [0.717, 1.165) is 12.0 Å². The van der Waals surface area contributed by atoms with Crippen LogP contribution in [0.2, 0.25) is 0 Å². The lowest BCUT2D eigenvalue weighted by molar-refractivity contribution is -0.124. The van der Waals surface area contributed by atoms with Gasteiger partial charge in [-0.25, -0.2) is 0 Å². The maximum Gasteiger partial charge on any atom is 0.237 e. The third kappa shape index (κ3) is 3.86. The van der Waals surface area contributed by atoms with Crippen molar-refractivity contribution in [1.82, 2.24) is 5.32 Å². The molecule has 3 nitrogen and oxygen atoms in total.